The van der Waals surface area contributed by atoms with Gasteiger partial charge in [0.2, 0.25) is 0 Å². The number of nitrogens with zero attached hydrogens (tertiary/aromatic N) is 5. The highest BCUT2D eigenvalue weighted by molar-refractivity contribution is 5.85. The van der Waals surface area contributed by atoms with Crippen molar-refractivity contribution in [3.05, 3.63) is 89.0 Å². The monoisotopic (exact) mass is 425 g/mol. The largest absolute Gasteiger partial charge is 0.431 e. The van der Waals surface area contributed by atoms with Gasteiger partial charge in [0.15, 0.2) is 11.5 Å². The van der Waals surface area contributed by atoms with E-state index >= 15 is 0 Å². The van der Waals surface area contributed by atoms with E-state index in [4.69, 9.17) is 9.47 Å². The number of para-hydroxylation sites is 2. The van der Waals surface area contributed by atoms with Gasteiger partial charge in [-0.15, -0.1) is 0 Å². The molecule has 9 heteroatoms. The van der Waals surface area contributed by atoms with Gasteiger partial charge in [-0.1, -0.05) is 36.4 Å². The number of aryl methyl sites for hydroxylation is 1. The first-order valence-corrected chi connectivity index (χ1v) is 9.65. The minimum absolute atomic E-state index is 0.246. The quantitative estimate of drug-likeness (QED) is 0.273. The van der Waals surface area contributed by atoms with Crippen LogP contribution in [0, 0.1) is 17.0 Å². The maximum atomic E-state index is 11.9. The zero-order chi connectivity index (χ0) is 22.1. The number of fused-ring (bicyclic) bond motifs is 2. The average molecular weight is 425 g/mol. The van der Waals surface area contributed by atoms with Crippen LogP contribution in [0.25, 0.3) is 21.8 Å². The molecule has 0 N–H and O–H groups in total. The molecule has 0 radical (unpaired) electrons. The van der Waals surface area contributed by atoms with Gasteiger partial charge >= 0.3 is 17.4 Å². The van der Waals surface area contributed by atoms with E-state index in [-0.39, 0.29) is 11.8 Å². The molecular weight excluding hydrogens is 410 g/mol. The van der Waals surface area contributed by atoms with Crippen LogP contribution in [0.15, 0.2) is 73.2 Å². The highest BCUT2D eigenvalue weighted by atomic mass is 16.6. The predicted octanol–water partition coefficient (Wildman–Crippen LogP) is 5.37. The number of ether oxygens (including phenoxy) is 2. The number of hydrogen-bond donors (Lipinski definition) is 0. The lowest BCUT2D eigenvalue weighted by atomic mass is 10.2. The first-order valence-electron chi connectivity index (χ1n) is 9.65. The number of rotatable bonds is 5. The summed E-state index contributed by atoms with van der Waals surface area (Å²) in [5.74, 6) is 0.176. The molecule has 0 aliphatic carbocycles. The summed E-state index contributed by atoms with van der Waals surface area (Å²) in [6, 6.07) is 18.1. The van der Waals surface area contributed by atoms with Gasteiger partial charge in [0.25, 0.3) is 0 Å². The molecule has 32 heavy (non-hydrogen) atoms. The minimum Gasteiger partial charge on any atom is -0.431 e. The van der Waals surface area contributed by atoms with Crippen molar-refractivity contribution >= 4 is 27.5 Å². The molecule has 0 spiro atoms. The van der Waals surface area contributed by atoms with Crippen LogP contribution in [-0.2, 0) is 0 Å². The van der Waals surface area contributed by atoms with E-state index in [1.54, 1.807) is 36.5 Å². The van der Waals surface area contributed by atoms with Crippen molar-refractivity contribution < 1.29 is 14.4 Å². The molecule has 9 nitrogen and oxygen atoms in total. The summed E-state index contributed by atoms with van der Waals surface area (Å²) in [5, 5.41) is 13.6. The van der Waals surface area contributed by atoms with Crippen LogP contribution in [0.1, 0.15) is 5.69 Å². The number of nitro groups is 1. The molecule has 0 unspecified atom stereocenters. The van der Waals surface area contributed by atoms with E-state index in [0.29, 0.717) is 22.5 Å². The molecular formula is C23H15N5O4. The molecule has 3 heterocycles. The number of benzene rings is 2. The molecule has 0 saturated heterocycles. The Labute approximate surface area is 181 Å². The van der Waals surface area contributed by atoms with Gasteiger partial charge in [-0.2, -0.15) is 9.97 Å². The van der Waals surface area contributed by atoms with E-state index < -0.39 is 10.6 Å². The highest BCUT2D eigenvalue weighted by Crippen LogP contribution is 2.40. The topological polar surface area (TPSA) is 113 Å². The van der Waals surface area contributed by atoms with E-state index in [2.05, 4.69) is 19.9 Å². The Morgan fingerprint density at radius 1 is 0.781 bits per heavy atom. The van der Waals surface area contributed by atoms with Gasteiger partial charge < -0.3 is 9.47 Å². The van der Waals surface area contributed by atoms with Crippen LogP contribution in [0.4, 0.5) is 5.69 Å². The number of hydrogen-bond acceptors (Lipinski definition) is 8. The third-order valence-corrected chi connectivity index (χ3v) is 4.77. The summed E-state index contributed by atoms with van der Waals surface area (Å²) < 4.78 is 11.7. The Hall–Kier alpha value is -4.66. The van der Waals surface area contributed by atoms with E-state index in [9.17, 15) is 10.1 Å². The molecule has 0 bridgehead atoms. The summed E-state index contributed by atoms with van der Waals surface area (Å²) in [7, 11) is 0. The Morgan fingerprint density at radius 2 is 1.41 bits per heavy atom. The maximum Gasteiger partial charge on any atom is 0.393 e. The lowest BCUT2D eigenvalue weighted by molar-refractivity contribution is -0.387. The molecule has 0 saturated carbocycles. The number of aromatic nitrogens is 4. The van der Waals surface area contributed by atoms with Crippen LogP contribution in [-0.4, -0.2) is 24.9 Å². The van der Waals surface area contributed by atoms with E-state index in [1.807, 2.05) is 37.3 Å². The summed E-state index contributed by atoms with van der Waals surface area (Å²) in [5.41, 5.74) is 1.42. The third kappa shape index (κ3) is 3.52. The summed E-state index contributed by atoms with van der Waals surface area (Å²) in [6.45, 7) is 1.85. The second-order valence-electron chi connectivity index (χ2n) is 6.91. The molecule has 3 aromatic heterocycles. The van der Waals surface area contributed by atoms with Crippen molar-refractivity contribution in [2.24, 2.45) is 0 Å². The molecule has 156 valence electrons. The number of pyridine rings is 2. The lowest BCUT2D eigenvalue weighted by Gasteiger charge is -2.11. The Bertz CT molecular complexity index is 1480. The van der Waals surface area contributed by atoms with Crippen LogP contribution in [0.3, 0.4) is 0 Å². The second-order valence-corrected chi connectivity index (χ2v) is 6.91. The fourth-order valence-corrected chi connectivity index (χ4v) is 3.32. The third-order valence-electron chi connectivity index (χ3n) is 4.77. The van der Waals surface area contributed by atoms with Gasteiger partial charge in [0, 0.05) is 22.7 Å². The van der Waals surface area contributed by atoms with Crippen molar-refractivity contribution in [3.8, 4) is 23.3 Å². The fourth-order valence-electron chi connectivity index (χ4n) is 3.32. The Kier molecular flexibility index (Phi) is 4.75. The summed E-state index contributed by atoms with van der Waals surface area (Å²) in [4.78, 5) is 28.1. The smallest absolute Gasteiger partial charge is 0.393 e. The van der Waals surface area contributed by atoms with Gasteiger partial charge in [0.05, 0.1) is 4.92 Å². The van der Waals surface area contributed by atoms with Crippen molar-refractivity contribution in [2.45, 2.75) is 6.92 Å². The SMILES string of the molecule is Cc1ccc2cccc(Oc3ncnc(Oc4cccc5cccnc45)c3[N+](=O)[O-])c2n1. The fraction of sp³-hybridized carbons (Fsp3) is 0.0435. The standard InChI is InChI=1S/C23H15N5O4/c1-14-10-11-16-6-3-9-18(20(16)27-14)32-23-21(28(29)30)22(25-13-26-23)31-17-8-2-5-15-7-4-12-24-19(15)17/h2-13H,1H3. The predicted molar refractivity (Wildman–Crippen MR) is 117 cm³/mol. The lowest BCUT2D eigenvalue weighted by Crippen LogP contribution is -2.02. The van der Waals surface area contributed by atoms with Crippen LogP contribution < -0.4 is 9.47 Å². The first kappa shape index (κ1) is 19.3. The second kappa shape index (κ2) is 7.88. The van der Waals surface area contributed by atoms with E-state index in [1.165, 1.54) is 0 Å². The molecule has 0 aliphatic rings. The van der Waals surface area contributed by atoms with Crippen LogP contribution in [0.2, 0.25) is 0 Å². The molecule has 5 rings (SSSR count). The summed E-state index contributed by atoms with van der Waals surface area (Å²) in [6.07, 6.45) is 2.77. The van der Waals surface area contributed by atoms with Crippen molar-refractivity contribution in [1.29, 1.82) is 0 Å². The molecule has 2 aromatic carbocycles. The molecule has 5 aromatic rings. The zero-order valence-corrected chi connectivity index (χ0v) is 16.8. The minimum atomic E-state index is -0.632. The van der Waals surface area contributed by atoms with E-state index in [0.717, 1.165) is 22.8 Å². The van der Waals surface area contributed by atoms with Gasteiger partial charge in [0.1, 0.15) is 17.4 Å². The van der Waals surface area contributed by atoms with Crippen LogP contribution in [0.5, 0.6) is 23.3 Å². The van der Waals surface area contributed by atoms with Gasteiger partial charge in [-0.3, -0.25) is 15.1 Å². The molecule has 0 fully saturated rings. The van der Waals surface area contributed by atoms with Crippen molar-refractivity contribution in [3.63, 3.8) is 0 Å². The normalized spacial score (nSPS) is 10.9. The average Bonchev–Trinajstić information content (AvgIpc) is 2.80. The van der Waals surface area contributed by atoms with Crippen LogP contribution >= 0.6 is 0 Å². The maximum absolute atomic E-state index is 11.9. The molecule has 0 amide bonds. The van der Waals surface area contributed by atoms with Gasteiger partial charge in [-0.05, 0) is 31.2 Å². The molecule has 0 aliphatic heterocycles. The van der Waals surface area contributed by atoms with Gasteiger partial charge in [-0.25, -0.2) is 4.98 Å². The summed E-state index contributed by atoms with van der Waals surface area (Å²) >= 11 is 0. The molecule has 0 atom stereocenters. The Morgan fingerprint density at radius 3 is 2.09 bits per heavy atom. The zero-order valence-electron chi connectivity index (χ0n) is 16.8. The van der Waals surface area contributed by atoms with Crippen molar-refractivity contribution in [2.75, 3.05) is 0 Å². The highest BCUT2D eigenvalue weighted by Gasteiger charge is 2.28. The van der Waals surface area contributed by atoms with Crippen molar-refractivity contribution in [1.82, 2.24) is 19.9 Å². The Balaban J connectivity index is 1.59. The first-order chi connectivity index (χ1) is 15.6.